The first-order valence-electron chi connectivity index (χ1n) is 12.4. The molecule has 11 nitrogen and oxygen atoms in total. The van der Waals surface area contributed by atoms with Crippen molar-refractivity contribution in [2.45, 2.75) is 0 Å². The van der Waals surface area contributed by atoms with E-state index < -0.39 is 11.9 Å². The Labute approximate surface area is 228 Å². The first-order chi connectivity index (χ1) is 19.0. The third kappa shape index (κ3) is 7.53. The zero-order valence-corrected chi connectivity index (χ0v) is 21.9. The maximum absolute atomic E-state index is 12.6. The zero-order valence-electron chi connectivity index (χ0n) is 21.9. The number of nitrogens with zero attached hydrogens (tertiary/aromatic N) is 3. The van der Waals surface area contributed by atoms with Gasteiger partial charge in [-0.15, -0.1) is 0 Å². The second-order valence-electron chi connectivity index (χ2n) is 8.59. The number of methoxy groups -OCH3 is 2. The molecular weight excluding hydrogens is 502 g/mol. The normalized spacial score (nSPS) is 13.9. The molecule has 2 heterocycles. The summed E-state index contributed by atoms with van der Waals surface area (Å²) in [6.07, 6.45) is 2.97. The van der Waals surface area contributed by atoms with Crippen LogP contribution in [0.3, 0.4) is 0 Å². The summed E-state index contributed by atoms with van der Waals surface area (Å²) in [5, 5.41) is 2.70. The Bertz CT molecular complexity index is 1330. The van der Waals surface area contributed by atoms with Crippen LogP contribution in [0.15, 0.2) is 60.4 Å². The second-order valence-corrected chi connectivity index (χ2v) is 8.59. The van der Waals surface area contributed by atoms with E-state index in [1.807, 2.05) is 6.07 Å². The minimum absolute atomic E-state index is 0. The zero-order chi connectivity index (χ0) is 27.6. The van der Waals surface area contributed by atoms with Crippen molar-refractivity contribution in [3.8, 4) is 22.8 Å². The number of aromatic nitrogens is 2. The summed E-state index contributed by atoms with van der Waals surface area (Å²) in [4.78, 5) is 35.8. The standard InChI is InChI=1S/C28H31N5O6.H2/c1-36-24-8-5-20(17-25(24)37-2)23-9-10-30-26(32-23)18-22(29)27(34)31-21-6-3-19(4-7-21)28(35)39-16-13-33-11-14-38-15-12-33;/h3-10,17-18H,11-16,29H2,1-2H3,(H,31,34);1H/b22-18-;. The molecule has 2 aromatic carbocycles. The van der Waals surface area contributed by atoms with Crippen LogP contribution in [0.5, 0.6) is 11.5 Å². The van der Waals surface area contributed by atoms with Crippen molar-refractivity contribution in [3.05, 3.63) is 71.8 Å². The number of rotatable bonds is 10. The molecule has 1 amide bonds. The lowest BCUT2D eigenvalue weighted by molar-refractivity contribution is -0.112. The molecule has 1 aliphatic heterocycles. The number of nitrogens with two attached hydrogens (primary N) is 1. The maximum atomic E-state index is 12.6. The molecule has 11 heteroatoms. The SMILES string of the molecule is COc1ccc(-c2ccnc(/C=C(\N)C(=O)Nc3ccc(C(=O)OCCN4CCOCC4)cc3)n2)cc1OC.[HH]. The largest absolute Gasteiger partial charge is 0.493 e. The van der Waals surface area contributed by atoms with E-state index in [-0.39, 0.29) is 12.9 Å². The van der Waals surface area contributed by atoms with Crippen molar-refractivity contribution in [1.82, 2.24) is 14.9 Å². The minimum Gasteiger partial charge on any atom is -0.493 e. The predicted octanol–water partition coefficient (Wildman–Crippen LogP) is 2.83. The number of hydrogen-bond donors (Lipinski definition) is 2. The van der Waals surface area contributed by atoms with Gasteiger partial charge in [-0.05, 0) is 48.5 Å². The molecule has 0 atom stereocenters. The molecular formula is C28H33N5O6. The number of amides is 1. The van der Waals surface area contributed by atoms with E-state index in [0.717, 1.165) is 18.7 Å². The Morgan fingerprint density at radius 1 is 1.08 bits per heavy atom. The minimum atomic E-state index is -0.532. The van der Waals surface area contributed by atoms with E-state index >= 15 is 0 Å². The van der Waals surface area contributed by atoms with Crippen LogP contribution in [0.1, 0.15) is 17.6 Å². The van der Waals surface area contributed by atoms with Crippen LogP contribution in [0, 0.1) is 0 Å². The molecule has 206 valence electrons. The molecule has 39 heavy (non-hydrogen) atoms. The molecule has 0 spiro atoms. The third-order valence-corrected chi connectivity index (χ3v) is 6.02. The van der Waals surface area contributed by atoms with Crippen molar-refractivity contribution in [2.24, 2.45) is 5.73 Å². The lowest BCUT2D eigenvalue weighted by atomic mass is 10.1. The number of anilines is 1. The van der Waals surface area contributed by atoms with Crippen LogP contribution >= 0.6 is 0 Å². The van der Waals surface area contributed by atoms with Crippen molar-refractivity contribution >= 4 is 23.6 Å². The fraction of sp³-hybridized carbons (Fsp3) is 0.286. The number of carbonyl (C=O) groups excluding carboxylic acids is 2. The highest BCUT2D eigenvalue weighted by molar-refractivity contribution is 6.05. The van der Waals surface area contributed by atoms with Gasteiger partial charge in [0.05, 0.1) is 38.7 Å². The van der Waals surface area contributed by atoms with Gasteiger partial charge in [-0.25, -0.2) is 14.8 Å². The summed E-state index contributed by atoms with van der Waals surface area (Å²) in [6, 6.07) is 13.6. The van der Waals surface area contributed by atoms with Crippen molar-refractivity contribution in [2.75, 3.05) is 59.0 Å². The van der Waals surface area contributed by atoms with Gasteiger partial charge in [-0.1, -0.05) is 0 Å². The number of ether oxygens (including phenoxy) is 4. The monoisotopic (exact) mass is 535 g/mol. The Hall–Kier alpha value is -4.48. The fourth-order valence-corrected chi connectivity index (χ4v) is 3.87. The Kier molecular flexibility index (Phi) is 9.44. The highest BCUT2D eigenvalue weighted by Gasteiger charge is 2.13. The van der Waals surface area contributed by atoms with Crippen LogP contribution in [-0.2, 0) is 14.3 Å². The molecule has 1 aromatic heterocycles. The second kappa shape index (κ2) is 13.4. The van der Waals surface area contributed by atoms with Gasteiger partial charge in [0, 0.05) is 44.6 Å². The highest BCUT2D eigenvalue weighted by atomic mass is 16.5. The van der Waals surface area contributed by atoms with Crippen LogP contribution in [0.25, 0.3) is 17.3 Å². The third-order valence-electron chi connectivity index (χ3n) is 6.02. The van der Waals surface area contributed by atoms with Crippen LogP contribution in [0.4, 0.5) is 5.69 Å². The van der Waals surface area contributed by atoms with Crippen molar-refractivity contribution < 1.29 is 30.0 Å². The van der Waals surface area contributed by atoms with Crippen LogP contribution in [0.2, 0.25) is 0 Å². The Morgan fingerprint density at radius 2 is 1.82 bits per heavy atom. The first kappa shape index (κ1) is 27.6. The van der Waals surface area contributed by atoms with Crippen molar-refractivity contribution in [3.63, 3.8) is 0 Å². The lowest BCUT2D eigenvalue weighted by Gasteiger charge is -2.26. The summed E-state index contributed by atoms with van der Waals surface area (Å²) >= 11 is 0. The predicted molar refractivity (Wildman–Crippen MR) is 147 cm³/mol. The molecule has 0 saturated carbocycles. The number of benzene rings is 2. The average molecular weight is 536 g/mol. The first-order valence-corrected chi connectivity index (χ1v) is 12.4. The molecule has 4 rings (SSSR count). The quantitative estimate of drug-likeness (QED) is 0.294. The van der Waals surface area contributed by atoms with Crippen LogP contribution in [-0.4, -0.2) is 80.4 Å². The number of nitrogens with one attached hydrogen (secondary N) is 1. The van der Waals surface area contributed by atoms with Gasteiger partial charge in [-0.2, -0.15) is 0 Å². The molecule has 1 saturated heterocycles. The van der Waals surface area contributed by atoms with Gasteiger partial charge >= 0.3 is 5.97 Å². The smallest absolute Gasteiger partial charge is 0.338 e. The van der Waals surface area contributed by atoms with Gasteiger partial charge in [0.1, 0.15) is 12.3 Å². The Balaban J connectivity index is 0.00000441. The van der Waals surface area contributed by atoms with Gasteiger partial charge in [0.25, 0.3) is 5.91 Å². The lowest BCUT2D eigenvalue weighted by Crippen LogP contribution is -2.38. The molecule has 1 aliphatic rings. The van der Waals surface area contributed by atoms with E-state index in [2.05, 4.69) is 20.2 Å². The highest BCUT2D eigenvalue weighted by Crippen LogP contribution is 2.31. The van der Waals surface area contributed by atoms with Crippen LogP contribution < -0.4 is 20.5 Å². The van der Waals surface area contributed by atoms with Gasteiger partial charge < -0.3 is 30.0 Å². The summed E-state index contributed by atoms with van der Waals surface area (Å²) < 4.78 is 21.3. The summed E-state index contributed by atoms with van der Waals surface area (Å²) in [7, 11) is 3.12. The summed E-state index contributed by atoms with van der Waals surface area (Å²) in [5.41, 5.74) is 8.20. The van der Waals surface area contributed by atoms with E-state index in [4.69, 9.17) is 24.7 Å². The fourth-order valence-electron chi connectivity index (χ4n) is 3.87. The molecule has 1 fully saturated rings. The number of esters is 1. The summed E-state index contributed by atoms with van der Waals surface area (Å²) in [5.74, 6) is 0.482. The molecule has 0 aliphatic carbocycles. The van der Waals surface area contributed by atoms with E-state index in [1.54, 1.807) is 62.9 Å². The Morgan fingerprint density at radius 3 is 2.54 bits per heavy atom. The van der Waals surface area contributed by atoms with E-state index in [0.29, 0.717) is 54.8 Å². The van der Waals surface area contributed by atoms with E-state index in [9.17, 15) is 9.59 Å². The molecule has 0 bridgehead atoms. The van der Waals surface area contributed by atoms with E-state index in [1.165, 1.54) is 6.08 Å². The van der Waals surface area contributed by atoms with Gasteiger partial charge in [0.15, 0.2) is 17.3 Å². The van der Waals surface area contributed by atoms with Gasteiger partial charge in [0.2, 0.25) is 0 Å². The number of morpholine rings is 1. The summed E-state index contributed by atoms with van der Waals surface area (Å²) in [6.45, 7) is 4.01. The average Bonchev–Trinajstić information content (AvgIpc) is 2.97. The molecule has 3 N–H and O–H groups in total. The molecule has 0 unspecified atom stereocenters. The van der Waals surface area contributed by atoms with Crippen molar-refractivity contribution in [1.29, 1.82) is 0 Å². The topological polar surface area (TPSA) is 138 Å². The molecule has 0 radical (unpaired) electrons. The maximum Gasteiger partial charge on any atom is 0.338 e. The van der Waals surface area contributed by atoms with Gasteiger partial charge in [-0.3, -0.25) is 9.69 Å². The number of hydrogen-bond acceptors (Lipinski definition) is 10. The number of carbonyl (C=O) groups is 2. The molecule has 3 aromatic rings.